The summed E-state index contributed by atoms with van der Waals surface area (Å²) in [5.41, 5.74) is 0.000143. The Hall–Kier alpha value is -2.29. The standard InChI is InChI=1S/C12H15N3O5S/c1-5-20-11(19)10-6-21-12(14(10)7(2)16)13-15(8(3)17)9(4)18/h6H,5H2,1-4H3/b13-12+. The quantitative estimate of drug-likeness (QED) is 0.601. The maximum absolute atomic E-state index is 11.8. The minimum atomic E-state index is -0.678. The summed E-state index contributed by atoms with van der Waals surface area (Å²) in [7, 11) is 0. The number of hydrogen-bond donors (Lipinski definition) is 0. The minimum Gasteiger partial charge on any atom is -0.461 e. The molecule has 8 nitrogen and oxygen atoms in total. The highest BCUT2D eigenvalue weighted by molar-refractivity contribution is 7.07. The lowest BCUT2D eigenvalue weighted by molar-refractivity contribution is -0.142. The molecule has 0 aliphatic carbocycles. The van der Waals surface area contributed by atoms with E-state index >= 15 is 0 Å². The van der Waals surface area contributed by atoms with Crippen LogP contribution >= 0.6 is 11.3 Å². The average Bonchev–Trinajstić information content (AvgIpc) is 2.79. The van der Waals surface area contributed by atoms with Crippen molar-refractivity contribution in [3.05, 3.63) is 15.9 Å². The molecule has 1 aromatic heterocycles. The van der Waals surface area contributed by atoms with Gasteiger partial charge >= 0.3 is 5.97 Å². The maximum atomic E-state index is 11.8. The molecular weight excluding hydrogens is 298 g/mol. The summed E-state index contributed by atoms with van der Waals surface area (Å²) < 4.78 is 5.84. The summed E-state index contributed by atoms with van der Waals surface area (Å²) in [5.74, 6) is -2.35. The highest BCUT2D eigenvalue weighted by Crippen LogP contribution is 2.05. The van der Waals surface area contributed by atoms with E-state index in [2.05, 4.69) is 5.10 Å². The van der Waals surface area contributed by atoms with E-state index in [1.54, 1.807) is 6.92 Å². The van der Waals surface area contributed by atoms with Crippen LogP contribution in [0.3, 0.4) is 0 Å². The van der Waals surface area contributed by atoms with Crippen LogP contribution in [0.15, 0.2) is 10.5 Å². The van der Waals surface area contributed by atoms with E-state index in [1.807, 2.05) is 0 Å². The normalized spacial score (nSPS) is 11.1. The highest BCUT2D eigenvalue weighted by atomic mass is 32.1. The number of amides is 2. The molecule has 0 radical (unpaired) electrons. The minimum absolute atomic E-state index is 0.000143. The highest BCUT2D eigenvalue weighted by Gasteiger charge is 2.19. The van der Waals surface area contributed by atoms with E-state index in [1.165, 1.54) is 26.2 Å². The number of carbonyl (C=O) groups is 4. The third-order valence-corrected chi connectivity index (χ3v) is 3.11. The van der Waals surface area contributed by atoms with Crippen molar-refractivity contribution >= 4 is 35.0 Å². The fraction of sp³-hybridized carbons (Fsp3) is 0.417. The Morgan fingerprint density at radius 3 is 2.24 bits per heavy atom. The van der Waals surface area contributed by atoms with Crippen LogP contribution in [0.2, 0.25) is 0 Å². The second-order valence-corrected chi connectivity index (χ2v) is 4.76. The van der Waals surface area contributed by atoms with Gasteiger partial charge in [0.25, 0.3) is 0 Å². The molecule has 0 unspecified atom stereocenters. The van der Waals surface area contributed by atoms with Gasteiger partial charge in [-0.3, -0.25) is 14.4 Å². The van der Waals surface area contributed by atoms with Crippen molar-refractivity contribution in [1.82, 2.24) is 9.58 Å². The Kier molecular flexibility index (Phi) is 5.53. The first-order valence-electron chi connectivity index (χ1n) is 6.04. The third kappa shape index (κ3) is 3.85. The number of rotatable bonds is 3. The van der Waals surface area contributed by atoms with Crippen molar-refractivity contribution in [2.24, 2.45) is 5.10 Å². The molecule has 2 amide bonds. The summed E-state index contributed by atoms with van der Waals surface area (Å²) in [4.78, 5) is 46.2. The Balaban J connectivity index is 3.44. The summed E-state index contributed by atoms with van der Waals surface area (Å²) >= 11 is 0.950. The van der Waals surface area contributed by atoms with Gasteiger partial charge in [0.1, 0.15) is 5.69 Å². The molecule has 0 fully saturated rings. The first-order valence-corrected chi connectivity index (χ1v) is 6.92. The lowest BCUT2D eigenvalue weighted by Crippen LogP contribution is -2.33. The van der Waals surface area contributed by atoms with Gasteiger partial charge in [0.2, 0.25) is 22.5 Å². The van der Waals surface area contributed by atoms with Gasteiger partial charge in [0.05, 0.1) is 6.61 Å². The van der Waals surface area contributed by atoms with Crippen molar-refractivity contribution in [3.8, 4) is 0 Å². The summed E-state index contributed by atoms with van der Waals surface area (Å²) in [6.45, 7) is 5.37. The van der Waals surface area contributed by atoms with E-state index in [-0.39, 0.29) is 17.1 Å². The molecule has 0 bridgehead atoms. The van der Waals surface area contributed by atoms with Crippen molar-refractivity contribution in [1.29, 1.82) is 0 Å². The van der Waals surface area contributed by atoms with Crippen LogP contribution in [0.4, 0.5) is 0 Å². The Morgan fingerprint density at radius 1 is 1.24 bits per heavy atom. The molecule has 0 aliphatic heterocycles. The Bertz CT molecular complexity index is 644. The summed E-state index contributed by atoms with van der Waals surface area (Å²) in [5, 5.41) is 5.84. The third-order valence-electron chi connectivity index (χ3n) is 2.29. The van der Waals surface area contributed by atoms with Crippen LogP contribution in [0.5, 0.6) is 0 Å². The van der Waals surface area contributed by atoms with Crippen LogP contribution < -0.4 is 4.80 Å². The largest absolute Gasteiger partial charge is 0.461 e. The van der Waals surface area contributed by atoms with Crippen molar-refractivity contribution < 1.29 is 23.9 Å². The first kappa shape index (κ1) is 16.8. The molecule has 0 aliphatic rings. The molecule has 9 heteroatoms. The fourth-order valence-electron chi connectivity index (χ4n) is 1.48. The predicted molar refractivity (Wildman–Crippen MR) is 73.3 cm³/mol. The molecule has 0 spiro atoms. The van der Waals surface area contributed by atoms with Gasteiger partial charge in [0.15, 0.2) is 0 Å². The van der Waals surface area contributed by atoms with Crippen LogP contribution in [-0.2, 0) is 14.3 Å². The lowest BCUT2D eigenvalue weighted by Gasteiger charge is -2.09. The molecule has 1 aromatic rings. The van der Waals surface area contributed by atoms with Crippen molar-refractivity contribution in [2.75, 3.05) is 6.61 Å². The number of esters is 1. The topological polar surface area (TPSA) is 98.0 Å². The molecule has 0 saturated carbocycles. The van der Waals surface area contributed by atoms with Crippen molar-refractivity contribution in [3.63, 3.8) is 0 Å². The molecule has 1 rings (SSSR count). The van der Waals surface area contributed by atoms with Gasteiger partial charge in [-0.05, 0) is 6.92 Å². The molecule has 114 valence electrons. The fourth-order valence-corrected chi connectivity index (χ4v) is 2.36. The molecule has 0 atom stereocenters. The molecule has 0 N–H and O–H groups in total. The zero-order valence-corrected chi connectivity index (χ0v) is 12.9. The van der Waals surface area contributed by atoms with Crippen LogP contribution in [-0.4, -0.2) is 39.9 Å². The molecular formula is C12H15N3O5S. The number of thiazole rings is 1. The average molecular weight is 313 g/mol. The summed E-state index contributed by atoms with van der Waals surface area (Å²) in [6.07, 6.45) is 0. The zero-order valence-electron chi connectivity index (χ0n) is 12.1. The lowest BCUT2D eigenvalue weighted by atomic mass is 10.4. The number of imide groups is 1. The van der Waals surface area contributed by atoms with E-state index in [9.17, 15) is 19.2 Å². The van der Waals surface area contributed by atoms with Crippen LogP contribution in [0, 0.1) is 0 Å². The first-order chi connectivity index (χ1) is 9.79. The smallest absolute Gasteiger partial charge is 0.356 e. The van der Waals surface area contributed by atoms with Gasteiger partial charge in [0, 0.05) is 26.2 Å². The monoisotopic (exact) mass is 313 g/mol. The van der Waals surface area contributed by atoms with E-state index in [0.717, 1.165) is 15.9 Å². The summed E-state index contributed by atoms with van der Waals surface area (Å²) in [6, 6.07) is 0. The predicted octanol–water partition coefficient (Wildman–Crippen LogP) is 0.597. The van der Waals surface area contributed by atoms with Gasteiger partial charge < -0.3 is 4.74 Å². The number of ether oxygens (including phenoxy) is 1. The van der Waals surface area contributed by atoms with E-state index in [0.29, 0.717) is 5.01 Å². The van der Waals surface area contributed by atoms with Crippen LogP contribution in [0.1, 0.15) is 43.0 Å². The van der Waals surface area contributed by atoms with Gasteiger partial charge in [-0.2, -0.15) is 5.01 Å². The number of nitrogens with zero attached hydrogens (tertiary/aromatic N) is 3. The molecule has 21 heavy (non-hydrogen) atoms. The zero-order chi connectivity index (χ0) is 16.2. The van der Waals surface area contributed by atoms with Gasteiger partial charge in [-0.25, -0.2) is 9.36 Å². The van der Waals surface area contributed by atoms with Gasteiger partial charge in [-0.1, -0.05) is 0 Å². The molecule has 0 saturated heterocycles. The van der Waals surface area contributed by atoms with E-state index < -0.39 is 23.7 Å². The van der Waals surface area contributed by atoms with Crippen molar-refractivity contribution in [2.45, 2.75) is 27.7 Å². The second-order valence-electron chi connectivity index (χ2n) is 3.93. The Labute approximate surface area is 124 Å². The second kappa shape index (κ2) is 6.93. The van der Waals surface area contributed by atoms with Crippen LogP contribution in [0.25, 0.3) is 0 Å². The van der Waals surface area contributed by atoms with Gasteiger partial charge in [-0.15, -0.1) is 16.4 Å². The number of aromatic nitrogens is 1. The maximum Gasteiger partial charge on any atom is 0.356 e. The Morgan fingerprint density at radius 2 is 1.81 bits per heavy atom. The number of carbonyl (C=O) groups excluding carboxylic acids is 4. The molecule has 0 aromatic carbocycles. The van der Waals surface area contributed by atoms with E-state index in [4.69, 9.17) is 4.74 Å². The SMILES string of the molecule is CCOC(=O)c1cs/c(=N/N(C(C)=O)C(C)=O)n1C(C)=O. The molecule has 1 heterocycles. The number of hydrogen-bond acceptors (Lipinski definition) is 7.